The first-order valence-corrected chi connectivity index (χ1v) is 10.2. The van der Waals surface area contributed by atoms with Gasteiger partial charge >= 0.3 is 0 Å². The average molecular weight is 380 g/mol. The van der Waals surface area contributed by atoms with E-state index < -0.39 is 0 Å². The third-order valence-corrected chi connectivity index (χ3v) is 5.68. The Morgan fingerprint density at radius 2 is 1.50 bits per heavy atom. The molecule has 0 aromatic heterocycles. The van der Waals surface area contributed by atoms with E-state index in [1.807, 2.05) is 17.0 Å². The van der Waals surface area contributed by atoms with Gasteiger partial charge in [-0.2, -0.15) is 0 Å². The van der Waals surface area contributed by atoms with Crippen LogP contribution >= 0.6 is 0 Å². The van der Waals surface area contributed by atoms with Crippen molar-refractivity contribution in [1.29, 1.82) is 0 Å². The predicted octanol–water partition coefficient (Wildman–Crippen LogP) is 2.79. The van der Waals surface area contributed by atoms with Gasteiger partial charge in [0, 0.05) is 57.1 Å². The first-order valence-electron chi connectivity index (χ1n) is 10.2. The molecule has 2 heterocycles. The highest BCUT2D eigenvalue weighted by Gasteiger charge is 2.19. The van der Waals surface area contributed by atoms with Gasteiger partial charge in [-0.25, -0.2) is 0 Å². The van der Waals surface area contributed by atoms with Crippen molar-refractivity contribution in [1.82, 2.24) is 9.80 Å². The number of anilines is 1. The highest BCUT2D eigenvalue weighted by Crippen LogP contribution is 2.18. The van der Waals surface area contributed by atoms with Crippen molar-refractivity contribution in [2.24, 2.45) is 0 Å². The summed E-state index contributed by atoms with van der Waals surface area (Å²) in [6.45, 7) is 9.93. The van der Waals surface area contributed by atoms with E-state index >= 15 is 0 Å². The minimum Gasteiger partial charge on any atom is -0.378 e. The maximum Gasteiger partial charge on any atom is 0.254 e. The lowest BCUT2D eigenvalue weighted by Crippen LogP contribution is -2.45. The van der Waals surface area contributed by atoms with Gasteiger partial charge in [-0.05, 0) is 36.8 Å². The van der Waals surface area contributed by atoms with Crippen molar-refractivity contribution >= 4 is 11.6 Å². The molecule has 148 valence electrons. The monoisotopic (exact) mass is 379 g/mol. The molecular formula is C23H29N3O2. The van der Waals surface area contributed by atoms with Crippen LogP contribution in [0.3, 0.4) is 0 Å². The Morgan fingerprint density at radius 3 is 2.14 bits per heavy atom. The van der Waals surface area contributed by atoms with Gasteiger partial charge < -0.3 is 14.5 Å². The quantitative estimate of drug-likeness (QED) is 0.819. The molecule has 2 aromatic rings. The first kappa shape index (κ1) is 19.0. The molecule has 5 nitrogen and oxygen atoms in total. The molecule has 28 heavy (non-hydrogen) atoms. The summed E-state index contributed by atoms with van der Waals surface area (Å²) in [5.41, 5.74) is 4.66. The second kappa shape index (κ2) is 8.76. The van der Waals surface area contributed by atoms with Crippen LogP contribution < -0.4 is 4.90 Å². The number of carbonyl (C=O) groups is 1. The van der Waals surface area contributed by atoms with Crippen LogP contribution in [0.15, 0.2) is 48.5 Å². The molecule has 2 fully saturated rings. The fraction of sp³-hybridized carbons (Fsp3) is 0.435. The van der Waals surface area contributed by atoms with Gasteiger partial charge in [-0.1, -0.05) is 29.8 Å². The van der Waals surface area contributed by atoms with E-state index in [2.05, 4.69) is 53.1 Å². The second-order valence-electron chi connectivity index (χ2n) is 7.70. The van der Waals surface area contributed by atoms with Crippen molar-refractivity contribution < 1.29 is 9.53 Å². The van der Waals surface area contributed by atoms with Crippen LogP contribution in [-0.2, 0) is 11.3 Å². The Balaban J connectivity index is 1.29. The molecule has 0 spiro atoms. The van der Waals surface area contributed by atoms with E-state index in [4.69, 9.17) is 4.74 Å². The normalized spacial score (nSPS) is 18.3. The number of nitrogens with zero attached hydrogens (tertiary/aromatic N) is 3. The van der Waals surface area contributed by atoms with Crippen molar-refractivity contribution in [3.63, 3.8) is 0 Å². The molecule has 2 aromatic carbocycles. The standard InChI is InChI=1S/C23H29N3O2/c1-19-2-8-22(9-3-19)25-12-10-24(11-13-25)18-20-4-6-21(7-5-20)23(27)26-14-16-28-17-15-26/h2-9H,10-18H2,1H3. The van der Waals surface area contributed by atoms with Crippen LogP contribution in [0.5, 0.6) is 0 Å². The molecule has 2 aliphatic heterocycles. The Labute approximate surface area is 167 Å². The van der Waals surface area contributed by atoms with Crippen molar-refractivity contribution in [3.05, 3.63) is 65.2 Å². The summed E-state index contributed by atoms with van der Waals surface area (Å²) >= 11 is 0. The van der Waals surface area contributed by atoms with Crippen LogP contribution in [0.1, 0.15) is 21.5 Å². The topological polar surface area (TPSA) is 36.0 Å². The fourth-order valence-electron chi connectivity index (χ4n) is 3.88. The Bertz CT molecular complexity index is 774. The summed E-state index contributed by atoms with van der Waals surface area (Å²) in [5.74, 6) is 0.113. The molecule has 0 N–H and O–H groups in total. The SMILES string of the molecule is Cc1ccc(N2CCN(Cc3ccc(C(=O)N4CCOCC4)cc3)CC2)cc1. The van der Waals surface area contributed by atoms with Crippen LogP contribution in [0.2, 0.25) is 0 Å². The maximum absolute atomic E-state index is 12.5. The third kappa shape index (κ3) is 4.54. The number of ether oxygens (including phenoxy) is 1. The van der Waals surface area contributed by atoms with E-state index in [-0.39, 0.29) is 5.91 Å². The molecule has 0 radical (unpaired) electrons. The Hall–Kier alpha value is -2.37. The lowest BCUT2D eigenvalue weighted by atomic mass is 10.1. The number of amides is 1. The zero-order chi connectivity index (χ0) is 19.3. The van der Waals surface area contributed by atoms with Gasteiger partial charge in [-0.15, -0.1) is 0 Å². The minimum atomic E-state index is 0.113. The van der Waals surface area contributed by atoms with Gasteiger partial charge in [0.25, 0.3) is 5.91 Å². The molecule has 2 saturated heterocycles. The number of rotatable bonds is 4. The summed E-state index contributed by atoms with van der Waals surface area (Å²) in [7, 11) is 0. The van der Waals surface area contributed by atoms with Gasteiger partial charge in [0.1, 0.15) is 0 Å². The van der Waals surface area contributed by atoms with E-state index in [1.165, 1.54) is 16.8 Å². The lowest BCUT2D eigenvalue weighted by Gasteiger charge is -2.36. The zero-order valence-electron chi connectivity index (χ0n) is 16.6. The molecule has 0 aliphatic carbocycles. The summed E-state index contributed by atoms with van der Waals surface area (Å²) in [6, 6.07) is 16.9. The van der Waals surface area contributed by atoms with Gasteiger partial charge in [0.2, 0.25) is 0 Å². The molecule has 5 heteroatoms. The van der Waals surface area contributed by atoms with E-state index in [1.54, 1.807) is 0 Å². The van der Waals surface area contributed by atoms with Crippen molar-refractivity contribution in [2.75, 3.05) is 57.4 Å². The van der Waals surface area contributed by atoms with Gasteiger partial charge in [0.05, 0.1) is 13.2 Å². The zero-order valence-corrected chi connectivity index (χ0v) is 16.6. The predicted molar refractivity (Wildman–Crippen MR) is 112 cm³/mol. The van der Waals surface area contributed by atoms with E-state index in [0.29, 0.717) is 26.3 Å². The fourth-order valence-corrected chi connectivity index (χ4v) is 3.88. The molecule has 0 saturated carbocycles. The van der Waals surface area contributed by atoms with Crippen LogP contribution in [0.4, 0.5) is 5.69 Å². The number of hydrogen-bond acceptors (Lipinski definition) is 4. The van der Waals surface area contributed by atoms with Crippen LogP contribution in [0.25, 0.3) is 0 Å². The molecule has 0 unspecified atom stereocenters. The number of morpholine rings is 1. The molecule has 2 aliphatic rings. The van der Waals surface area contributed by atoms with Crippen LogP contribution in [0, 0.1) is 6.92 Å². The largest absolute Gasteiger partial charge is 0.378 e. The number of carbonyl (C=O) groups excluding carboxylic acids is 1. The number of benzene rings is 2. The number of aryl methyl sites for hydroxylation is 1. The summed E-state index contributed by atoms with van der Waals surface area (Å²) in [5, 5.41) is 0. The molecular weight excluding hydrogens is 350 g/mol. The van der Waals surface area contributed by atoms with Crippen molar-refractivity contribution in [2.45, 2.75) is 13.5 Å². The highest BCUT2D eigenvalue weighted by molar-refractivity contribution is 5.94. The second-order valence-corrected chi connectivity index (χ2v) is 7.70. The summed E-state index contributed by atoms with van der Waals surface area (Å²) in [6.07, 6.45) is 0. The number of hydrogen-bond donors (Lipinski definition) is 0. The van der Waals surface area contributed by atoms with Crippen LogP contribution in [-0.4, -0.2) is 68.2 Å². The van der Waals surface area contributed by atoms with Crippen molar-refractivity contribution in [3.8, 4) is 0 Å². The molecule has 1 amide bonds. The molecule has 0 bridgehead atoms. The highest BCUT2D eigenvalue weighted by atomic mass is 16.5. The summed E-state index contributed by atoms with van der Waals surface area (Å²) < 4.78 is 5.33. The van der Waals surface area contributed by atoms with Gasteiger partial charge in [-0.3, -0.25) is 9.69 Å². The minimum absolute atomic E-state index is 0.113. The first-order chi connectivity index (χ1) is 13.7. The number of piperazine rings is 1. The third-order valence-electron chi connectivity index (χ3n) is 5.68. The lowest BCUT2D eigenvalue weighted by molar-refractivity contribution is 0.0303. The Kier molecular flexibility index (Phi) is 5.93. The van der Waals surface area contributed by atoms with E-state index in [0.717, 1.165) is 38.3 Å². The Morgan fingerprint density at radius 1 is 0.857 bits per heavy atom. The summed E-state index contributed by atoms with van der Waals surface area (Å²) in [4.78, 5) is 19.4. The molecule has 0 atom stereocenters. The maximum atomic E-state index is 12.5. The smallest absolute Gasteiger partial charge is 0.254 e. The molecule has 4 rings (SSSR count). The van der Waals surface area contributed by atoms with E-state index in [9.17, 15) is 4.79 Å². The van der Waals surface area contributed by atoms with Gasteiger partial charge in [0.15, 0.2) is 0 Å². The average Bonchev–Trinajstić information content (AvgIpc) is 2.76.